The van der Waals surface area contributed by atoms with Crippen molar-refractivity contribution in [2.24, 2.45) is 5.41 Å². The molecule has 1 aromatic rings. The van der Waals surface area contributed by atoms with Gasteiger partial charge >= 0.3 is 0 Å². The van der Waals surface area contributed by atoms with E-state index in [1.807, 2.05) is 6.07 Å². The van der Waals surface area contributed by atoms with Crippen molar-refractivity contribution >= 4 is 6.08 Å². The molecule has 118 valence electrons. The molecule has 0 heterocycles. The first-order chi connectivity index (χ1) is 9.89. The molecular weight excluding hydrogens is 260 g/mol. The summed E-state index contributed by atoms with van der Waals surface area (Å²) in [7, 11) is 1.71. The highest BCUT2D eigenvalue weighted by Crippen LogP contribution is 2.26. The highest BCUT2D eigenvalue weighted by Gasteiger charge is 2.14. The van der Waals surface area contributed by atoms with Crippen LogP contribution in [0.3, 0.4) is 0 Å². The van der Waals surface area contributed by atoms with Crippen LogP contribution >= 0.6 is 0 Å². The molecule has 0 unspecified atom stereocenters. The number of rotatable bonds is 8. The Morgan fingerprint density at radius 3 is 2.57 bits per heavy atom. The van der Waals surface area contributed by atoms with Gasteiger partial charge in [-0.15, -0.1) is 0 Å². The first kappa shape index (κ1) is 17.8. The highest BCUT2D eigenvalue weighted by atomic mass is 16.5. The lowest BCUT2D eigenvalue weighted by atomic mass is 9.88. The monoisotopic (exact) mass is 290 g/mol. The lowest BCUT2D eigenvalue weighted by Crippen LogP contribution is -2.15. The van der Waals surface area contributed by atoms with Crippen molar-refractivity contribution in [2.75, 3.05) is 13.7 Å². The molecule has 0 aliphatic heterocycles. The standard InChI is InChI=1S/C19H30O2/c1-15(2)16-10-11-18(21-5)17(13-16)9-7-6-8-12-19(3,4)14-20/h7,9-11,13,15,20H,6,8,12,14H2,1-5H3. The molecule has 0 aliphatic carbocycles. The van der Waals surface area contributed by atoms with Crippen LogP contribution in [0.25, 0.3) is 6.08 Å². The third-order valence-electron chi connectivity index (χ3n) is 3.87. The molecule has 0 bridgehead atoms. The van der Waals surface area contributed by atoms with Gasteiger partial charge in [0, 0.05) is 12.2 Å². The zero-order valence-corrected chi connectivity index (χ0v) is 14.1. The first-order valence-corrected chi connectivity index (χ1v) is 7.85. The zero-order chi connectivity index (χ0) is 15.9. The van der Waals surface area contributed by atoms with Crippen LogP contribution in [-0.4, -0.2) is 18.8 Å². The van der Waals surface area contributed by atoms with Crippen LogP contribution in [0.4, 0.5) is 0 Å². The Bertz CT molecular complexity index is 459. The topological polar surface area (TPSA) is 29.5 Å². The van der Waals surface area contributed by atoms with Crippen molar-refractivity contribution in [3.05, 3.63) is 35.4 Å². The van der Waals surface area contributed by atoms with Crippen LogP contribution in [0.5, 0.6) is 5.75 Å². The Morgan fingerprint density at radius 1 is 1.29 bits per heavy atom. The minimum Gasteiger partial charge on any atom is -0.496 e. The average Bonchev–Trinajstić information content (AvgIpc) is 2.46. The molecular formula is C19H30O2. The maximum absolute atomic E-state index is 9.24. The van der Waals surface area contributed by atoms with Crippen molar-refractivity contribution in [1.29, 1.82) is 0 Å². The number of benzene rings is 1. The largest absolute Gasteiger partial charge is 0.496 e. The normalized spacial score (nSPS) is 12.3. The number of aliphatic hydroxyl groups is 1. The van der Waals surface area contributed by atoms with Gasteiger partial charge in [-0.3, -0.25) is 0 Å². The predicted octanol–water partition coefficient (Wildman–Crippen LogP) is 5.02. The summed E-state index contributed by atoms with van der Waals surface area (Å²) in [5, 5.41) is 9.24. The van der Waals surface area contributed by atoms with Gasteiger partial charge in [-0.25, -0.2) is 0 Å². The fraction of sp³-hybridized carbons (Fsp3) is 0.579. The Hall–Kier alpha value is -1.28. The van der Waals surface area contributed by atoms with Gasteiger partial charge in [-0.05, 0) is 48.3 Å². The van der Waals surface area contributed by atoms with E-state index in [9.17, 15) is 5.11 Å². The van der Waals surface area contributed by atoms with Gasteiger partial charge in [0.1, 0.15) is 5.75 Å². The number of ether oxygens (including phenoxy) is 1. The van der Waals surface area contributed by atoms with Gasteiger partial charge < -0.3 is 9.84 Å². The van der Waals surface area contributed by atoms with Crippen molar-refractivity contribution in [1.82, 2.24) is 0 Å². The summed E-state index contributed by atoms with van der Waals surface area (Å²) in [5.74, 6) is 1.44. The summed E-state index contributed by atoms with van der Waals surface area (Å²) in [6, 6.07) is 6.38. The molecule has 0 saturated carbocycles. The van der Waals surface area contributed by atoms with Gasteiger partial charge in [-0.1, -0.05) is 45.9 Å². The van der Waals surface area contributed by atoms with Crippen molar-refractivity contribution < 1.29 is 9.84 Å². The molecule has 0 amide bonds. The highest BCUT2D eigenvalue weighted by molar-refractivity contribution is 5.58. The van der Waals surface area contributed by atoms with E-state index in [1.165, 1.54) is 5.56 Å². The summed E-state index contributed by atoms with van der Waals surface area (Å²) < 4.78 is 5.42. The van der Waals surface area contributed by atoms with Crippen molar-refractivity contribution in [2.45, 2.75) is 52.9 Å². The van der Waals surface area contributed by atoms with Crippen LogP contribution in [0, 0.1) is 5.41 Å². The molecule has 1 rings (SSSR count). The Kier molecular flexibility index (Phi) is 6.97. The van der Waals surface area contributed by atoms with E-state index in [4.69, 9.17) is 4.74 Å². The van der Waals surface area contributed by atoms with E-state index < -0.39 is 0 Å². The van der Waals surface area contributed by atoms with Crippen LogP contribution in [-0.2, 0) is 0 Å². The summed E-state index contributed by atoms with van der Waals surface area (Å²) in [5.41, 5.74) is 2.50. The molecule has 2 nitrogen and oxygen atoms in total. The average molecular weight is 290 g/mol. The van der Waals surface area contributed by atoms with Crippen LogP contribution < -0.4 is 4.74 Å². The number of methoxy groups -OCH3 is 1. The third kappa shape index (κ3) is 5.92. The van der Waals surface area contributed by atoms with Gasteiger partial charge in [0.2, 0.25) is 0 Å². The summed E-state index contributed by atoms with van der Waals surface area (Å²) in [6.07, 6.45) is 7.51. The summed E-state index contributed by atoms with van der Waals surface area (Å²) in [6.45, 7) is 8.86. The van der Waals surface area contributed by atoms with E-state index in [2.05, 4.69) is 52.0 Å². The quantitative estimate of drug-likeness (QED) is 0.681. The summed E-state index contributed by atoms with van der Waals surface area (Å²) in [4.78, 5) is 0. The minimum absolute atomic E-state index is 0.0308. The number of unbranched alkanes of at least 4 members (excludes halogenated alkanes) is 1. The van der Waals surface area contributed by atoms with E-state index >= 15 is 0 Å². The Labute approximate surface area is 129 Å². The number of allylic oxidation sites excluding steroid dienone is 1. The fourth-order valence-corrected chi connectivity index (χ4v) is 2.23. The summed E-state index contributed by atoms with van der Waals surface area (Å²) >= 11 is 0. The molecule has 0 radical (unpaired) electrons. The van der Waals surface area contributed by atoms with Gasteiger partial charge in [0.25, 0.3) is 0 Å². The van der Waals surface area contributed by atoms with E-state index in [-0.39, 0.29) is 12.0 Å². The SMILES string of the molecule is COc1ccc(C(C)C)cc1C=CCCCC(C)(C)CO. The van der Waals surface area contributed by atoms with Crippen LogP contribution in [0.1, 0.15) is 64.0 Å². The van der Waals surface area contributed by atoms with Gasteiger partial charge in [0.05, 0.1) is 7.11 Å². The van der Waals surface area contributed by atoms with E-state index in [1.54, 1.807) is 7.11 Å². The molecule has 0 aliphatic rings. The molecule has 0 aromatic heterocycles. The fourth-order valence-electron chi connectivity index (χ4n) is 2.23. The predicted molar refractivity (Wildman–Crippen MR) is 90.8 cm³/mol. The third-order valence-corrected chi connectivity index (χ3v) is 3.87. The minimum atomic E-state index is 0.0308. The lowest BCUT2D eigenvalue weighted by molar-refractivity contribution is 0.148. The first-order valence-electron chi connectivity index (χ1n) is 7.85. The van der Waals surface area contributed by atoms with E-state index in [0.717, 1.165) is 30.6 Å². The number of hydrogen-bond acceptors (Lipinski definition) is 2. The Balaban J connectivity index is 2.64. The van der Waals surface area contributed by atoms with Crippen molar-refractivity contribution in [3.8, 4) is 5.75 Å². The molecule has 0 saturated heterocycles. The maximum atomic E-state index is 9.24. The number of hydrogen-bond donors (Lipinski definition) is 1. The van der Waals surface area contributed by atoms with Gasteiger partial charge in [0.15, 0.2) is 0 Å². The molecule has 0 spiro atoms. The number of aliphatic hydroxyl groups excluding tert-OH is 1. The van der Waals surface area contributed by atoms with E-state index in [0.29, 0.717) is 5.92 Å². The second-order valence-corrected chi connectivity index (χ2v) is 6.77. The second kappa shape index (κ2) is 8.23. The molecule has 0 atom stereocenters. The maximum Gasteiger partial charge on any atom is 0.126 e. The molecule has 21 heavy (non-hydrogen) atoms. The Morgan fingerprint density at radius 2 is 2.00 bits per heavy atom. The zero-order valence-electron chi connectivity index (χ0n) is 14.1. The molecule has 2 heteroatoms. The molecule has 1 aromatic carbocycles. The van der Waals surface area contributed by atoms with Crippen LogP contribution in [0.2, 0.25) is 0 Å². The van der Waals surface area contributed by atoms with Crippen molar-refractivity contribution in [3.63, 3.8) is 0 Å². The lowest BCUT2D eigenvalue weighted by Gasteiger charge is -2.20. The molecule has 0 fully saturated rings. The molecule has 1 N–H and O–H groups in total. The van der Waals surface area contributed by atoms with Gasteiger partial charge in [-0.2, -0.15) is 0 Å². The smallest absolute Gasteiger partial charge is 0.126 e. The second-order valence-electron chi connectivity index (χ2n) is 6.77. The van der Waals surface area contributed by atoms with Crippen LogP contribution in [0.15, 0.2) is 24.3 Å².